The summed E-state index contributed by atoms with van der Waals surface area (Å²) >= 11 is 0. The van der Waals surface area contributed by atoms with E-state index in [0.717, 1.165) is 48.7 Å². The second-order valence-corrected chi connectivity index (χ2v) is 12.8. The second kappa shape index (κ2) is 28.2. The third-order valence-electron chi connectivity index (χ3n) is 8.61. The van der Waals surface area contributed by atoms with Crippen LogP contribution in [-0.4, -0.2) is 18.2 Å². The second-order valence-electron chi connectivity index (χ2n) is 12.8. The van der Waals surface area contributed by atoms with E-state index >= 15 is 0 Å². The van der Waals surface area contributed by atoms with Gasteiger partial charge in [-0.15, -0.1) is 0 Å². The summed E-state index contributed by atoms with van der Waals surface area (Å²) in [5.74, 6) is 1.82. The summed E-state index contributed by atoms with van der Waals surface area (Å²) in [6.45, 7) is 6.12. The lowest BCUT2D eigenvalue weighted by Crippen LogP contribution is -2.00. The highest BCUT2D eigenvalue weighted by atomic mass is 16.5. The quantitative estimate of drug-likeness (QED) is 0.0830. The maximum absolute atomic E-state index is 6.23. The average Bonchev–Trinajstić information content (AvgIpc) is 3.05. The van der Waals surface area contributed by atoms with E-state index < -0.39 is 0 Å². The predicted molar refractivity (Wildman–Crippen MR) is 193 cm³/mol. The van der Waals surface area contributed by atoms with Crippen LogP contribution < -0.4 is 9.47 Å². The molecule has 0 saturated heterocycles. The van der Waals surface area contributed by atoms with Crippen LogP contribution in [0.1, 0.15) is 179 Å². The SMILES string of the molecule is CCCCCCCCCCCCCCOc1cc(/C=C/c2ccncc2)cc(OCCCCCCCCCCCCCC)c1. The van der Waals surface area contributed by atoms with Gasteiger partial charge in [0, 0.05) is 18.5 Å². The minimum atomic E-state index is 0.771. The van der Waals surface area contributed by atoms with Gasteiger partial charge in [-0.25, -0.2) is 0 Å². The highest BCUT2D eigenvalue weighted by molar-refractivity contribution is 5.70. The summed E-state index contributed by atoms with van der Waals surface area (Å²) in [5.41, 5.74) is 2.25. The summed E-state index contributed by atoms with van der Waals surface area (Å²) in [7, 11) is 0. The van der Waals surface area contributed by atoms with Gasteiger partial charge in [0.1, 0.15) is 11.5 Å². The lowest BCUT2D eigenvalue weighted by atomic mass is 10.1. The van der Waals surface area contributed by atoms with E-state index in [1.54, 1.807) is 0 Å². The minimum absolute atomic E-state index is 0.771. The van der Waals surface area contributed by atoms with Gasteiger partial charge in [-0.1, -0.05) is 167 Å². The van der Waals surface area contributed by atoms with Gasteiger partial charge in [0.05, 0.1) is 13.2 Å². The zero-order chi connectivity index (χ0) is 31.2. The number of ether oxygens (including phenoxy) is 2. The summed E-state index contributed by atoms with van der Waals surface area (Å²) in [4.78, 5) is 4.13. The molecule has 0 aliphatic carbocycles. The largest absolute Gasteiger partial charge is 0.493 e. The van der Waals surface area contributed by atoms with Gasteiger partial charge < -0.3 is 9.47 Å². The highest BCUT2D eigenvalue weighted by Gasteiger charge is 2.04. The number of pyridine rings is 1. The van der Waals surface area contributed by atoms with E-state index in [1.807, 2.05) is 24.5 Å². The number of unbranched alkanes of at least 4 members (excludes halogenated alkanes) is 22. The predicted octanol–water partition coefficient (Wildman–Crippen LogP) is 13.4. The molecule has 3 heteroatoms. The van der Waals surface area contributed by atoms with Gasteiger partial charge >= 0.3 is 0 Å². The van der Waals surface area contributed by atoms with E-state index in [2.05, 4.69) is 49.2 Å². The Bertz CT molecular complexity index is 877. The molecule has 3 nitrogen and oxygen atoms in total. The van der Waals surface area contributed by atoms with Gasteiger partial charge in [-0.05, 0) is 48.2 Å². The molecular weight excluding hydrogens is 538 g/mol. The molecule has 0 fully saturated rings. The van der Waals surface area contributed by atoms with Crippen LogP contribution in [0.3, 0.4) is 0 Å². The molecule has 0 saturated carbocycles. The molecule has 1 heterocycles. The van der Waals surface area contributed by atoms with Gasteiger partial charge in [0.15, 0.2) is 0 Å². The van der Waals surface area contributed by atoms with Crippen LogP contribution in [0.2, 0.25) is 0 Å². The first-order valence-electron chi connectivity index (χ1n) is 18.8. The fraction of sp³-hybridized carbons (Fsp3) is 0.683. The first-order chi connectivity index (χ1) is 21.8. The fourth-order valence-electron chi connectivity index (χ4n) is 5.79. The van der Waals surface area contributed by atoms with E-state index in [4.69, 9.17) is 9.47 Å². The van der Waals surface area contributed by atoms with Crippen molar-refractivity contribution in [3.8, 4) is 11.5 Å². The molecule has 2 aromatic rings. The van der Waals surface area contributed by atoms with Crippen molar-refractivity contribution < 1.29 is 9.47 Å². The molecule has 248 valence electrons. The zero-order valence-electron chi connectivity index (χ0n) is 28.8. The summed E-state index contributed by atoms with van der Waals surface area (Å²) in [6, 6.07) is 10.4. The van der Waals surface area contributed by atoms with Crippen molar-refractivity contribution in [3.63, 3.8) is 0 Å². The van der Waals surface area contributed by atoms with E-state index in [0.29, 0.717) is 0 Å². The van der Waals surface area contributed by atoms with Crippen molar-refractivity contribution in [1.29, 1.82) is 0 Å². The molecule has 0 N–H and O–H groups in total. The highest BCUT2D eigenvalue weighted by Crippen LogP contribution is 2.25. The monoisotopic (exact) mass is 606 g/mol. The molecule has 0 aliphatic heterocycles. The van der Waals surface area contributed by atoms with Crippen molar-refractivity contribution in [2.75, 3.05) is 13.2 Å². The van der Waals surface area contributed by atoms with Crippen molar-refractivity contribution in [2.45, 2.75) is 168 Å². The number of nitrogens with zero attached hydrogens (tertiary/aromatic N) is 1. The van der Waals surface area contributed by atoms with Crippen molar-refractivity contribution >= 4 is 12.2 Å². The average molecular weight is 606 g/mol. The number of hydrogen-bond acceptors (Lipinski definition) is 3. The van der Waals surface area contributed by atoms with Crippen molar-refractivity contribution in [3.05, 3.63) is 53.9 Å². The fourth-order valence-corrected chi connectivity index (χ4v) is 5.79. The summed E-state index contributed by atoms with van der Waals surface area (Å²) < 4.78 is 12.5. The van der Waals surface area contributed by atoms with Crippen LogP contribution in [0, 0.1) is 0 Å². The van der Waals surface area contributed by atoms with Crippen LogP contribution in [0.15, 0.2) is 42.7 Å². The molecule has 0 atom stereocenters. The number of benzene rings is 1. The van der Waals surface area contributed by atoms with Gasteiger partial charge in [-0.3, -0.25) is 4.98 Å². The van der Waals surface area contributed by atoms with Crippen molar-refractivity contribution in [1.82, 2.24) is 4.98 Å². The Hall–Kier alpha value is -2.29. The molecule has 0 unspecified atom stereocenters. The Morgan fingerprint density at radius 3 is 1.16 bits per heavy atom. The first-order valence-corrected chi connectivity index (χ1v) is 18.8. The summed E-state index contributed by atoms with van der Waals surface area (Å²) in [6.07, 6.45) is 40.5. The molecule has 0 aliphatic rings. The molecule has 2 rings (SSSR count). The lowest BCUT2D eigenvalue weighted by molar-refractivity contribution is 0.289. The molecule has 1 aromatic heterocycles. The lowest BCUT2D eigenvalue weighted by Gasteiger charge is -2.12. The van der Waals surface area contributed by atoms with Crippen LogP contribution in [0.5, 0.6) is 11.5 Å². The zero-order valence-corrected chi connectivity index (χ0v) is 28.8. The third-order valence-corrected chi connectivity index (χ3v) is 8.61. The Balaban J connectivity index is 1.65. The molecular formula is C41H67NO2. The van der Waals surface area contributed by atoms with Crippen LogP contribution in [-0.2, 0) is 0 Å². The molecule has 0 spiro atoms. The van der Waals surface area contributed by atoms with Crippen molar-refractivity contribution in [2.24, 2.45) is 0 Å². The molecule has 44 heavy (non-hydrogen) atoms. The van der Waals surface area contributed by atoms with Crippen LogP contribution >= 0.6 is 0 Å². The topological polar surface area (TPSA) is 31.4 Å². The standard InChI is InChI=1S/C41H67NO2/c1-3-5-7-9-11-13-15-17-19-21-23-25-33-43-40-35-39(28-27-38-29-31-42-32-30-38)36-41(37-40)44-34-26-24-22-20-18-16-14-12-10-8-6-4-2/h27-32,35-37H,3-26,33-34H2,1-2H3/b28-27+. The summed E-state index contributed by atoms with van der Waals surface area (Å²) in [5, 5.41) is 0. The Kier molecular flexibility index (Phi) is 24.3. The number of hydrogen-bond donors (Lipinski definition) is 0. The maximum Gasteiger partial charge on any atom is 0.123 e. The van der Waals surface area contributed by atoms with Gasteiger partial charge in [0.25, 0.3) is 0 Å². The van der Waals surface area contributed by atoms with Crippen LogP contribution in [0.4, 0.5) is 0 Å². The third kappa shape index (κ3) is 21.4. The smallest absolute Gasteiger partial charge is 0.123 e. The normalized spacial score (nSPS) is 11.4. The minimum Gasteiger partial charge on any atom is -0.493 e. The molecule has 1 aromatic carbocycles. The first kappa shape index (κ1) is 37.9. The van der Waals surface area contributed by atoms with Gasteiger partial charge in [-0.2, -0.15) is 0 Å². The van der Waals surface area contributed by atoms with Crippen LogP contribution in [0.25, 0.3) is 12.2 Å². The van der Waals surface area contributed by atoms with E-state index in [-0.39, 0.29) is 0 Å². The maximum atomic E-state index is 6.23. The molecule has 0 amide bonds. The number of aromatic nitrogens is 1. The Morgan fingerprint density at radius 1 is 0.432 bits per heavy atom. The van der Waals surface area contributed by atoms with Gasteiger partial charge in [0.2, 0.25) is 0 Å². The Morgan fingerprint density at radius 2 is 0.773 bits per heavy atom. The number of rotatable bonds is 30. The molecule has 0 radical (unpaired) electrons. The Labute approximate surface area is 272 Å². The molecule has 0 bridgehead atoms. The van der Waals surface area contributed by atoms with E-state index in [1.165, 1.54) is 141 Å². The van der Waals surface area contributed by atoms with E-state index in [9.17, 15) is 0 Å².